The Hall–Kier alpha value is -3.40. The van der Waals surface area contributed by atoms with Gasteiger partial charge in [-0.15, -0.1) is 4.99 Å². The molecule has 1 amide bonds. The van der Waals surface area contributed by atoms with Crippen LogP contribution in [0.1, 0.15) is 77.0 Å². The molecule has 0 saturated carbocycles. The molecule has 2 aromatic rings. The Balaban J connectivity index is 1.34. The van der Waals surface area contributed by atoms with Crippen molar-refractivity contribution in [3.8, 4) is 6.19 Å². The number of carbonyl (C=O) groups is 1. The van der Waals surface area contributed by atoms with Gasteiger partial charge in [0.05, 0.1) is 11.4 Å². The van der Waals surface area contributed by atoms with Gasteiger partial charge in [-0.25, -0.2) is 0 Å². The van der Waals surface area contributed by atoms with Gasteiger partial charge in [0, 0.05) is 30.9 Å². The summed E-state index contributed by atoms with van der Waals surface area (Å²) >= 11 is 0. The van der Waals surface area contributed by atoms with Crippen LogP contribution in [0.5, 0.6) is 0 Å². The largest absolute Gasteiger partial charge is 0.355 e. The summed E-state index contributed by atoms with van der Waals surface area (Å²) < 4.78 is 0. The molecule has 7 nitrogen and oxygen atoms in total. The molecule has 2 heterocycles. The van der Waals surface area contributed by atoms with Crippen molar-refractivity contribution in [3.63, 3.8) is 0 Å². The minimum atomic E-state index is 0.193. The average molecular weight is 489 g/mol. The molecule has 1 unspecified atom stereocenters. The molecule has 1 saturated heterocycles. The fraction of sp³-hybridized carbons (Fsp3) is 0.517. The number of nitrogens with zero attached hydrogens (tertiary/aromatic N) is 4. The first kappa shape index (κ1) is 27.2. The highest BCUT2D eigenvalue weighted by molar-refractivity contribution is 5.97. The number of nitriles is 1. The SMILES string of the molecule is Cc1cc(C)c(C(=O)N2CCC(CCCCCCN/C(=N/C#N)Nc3ccc(C)nc3C)C2)c(C)c1. The van der Waals surface area contributed by atoms with Crippen LogP contribution in [0.3, 0.4) is 0 Å². The number of aryl methyl sites for hydroxylation is 5. The summed E-state index contributed by atoms with van der Waals surface area (Å²) in [7, 11) is 0. The van der Waals surface area contributed by atoms with Gasteiger partial charge in [0.15, 0.2) is 0 Å². The summed E-state index contributed by atoms with van der Waals surface area (Å²) in [6.07, 6.45) is 8.61. The second-order valence-electron chi connectivity index (χ2n) is 10.1. The lowest BCUT2D eigenvalue weighted by molar-refractivity contribution is 0.0785. The lowest BCUT2D eigenvalue weighted by Gasteiger charge is -2.20. The molecule has 0 radical (unpaired) electrons. The Morgan fingerprint density at radius 2 is 1.83 bits per heavy atom. The van der Waals surface area contributed by atoms with E-state index in [9.17, 15) is 4.79 Å². The number of hydrogen-bond acceptors (Lipinski definition) is 4. The van der Waals surface area contributed by atoms with E-state index in [2.05, 4.69) is 39.7 Å². The van der Waals surface area contributed by atoms with Crippen LogP contribution < -0.4 is 10.6 Å². The van der Waals surface area contributed by atoms with E-state index in [0.29, 0.717) is 11.9 Å². The van der Waals surface area contributed by atoms with Crippen LogP contribution in [0.15, 0.2) is 29.3 Å². The minimum Gasteiger partial charge on any atom is -0.355 e. The predicted octanol–water partition coefficient (Wildman–Crippen LogP) is 5.58. The third-order valence-electron chi connectivity index (χ3n) is 6.94. The van der Waals surface area contributed by atoms with Gasteiger partial charge in [-0.2, -0.15) is 5.26 Å². The Labute approximate surface area is 216 Å². The molecule has 7 heteroatoms. The van der Waals surface area contributed by atoms with Crippen LogP contribution in [-0.4, -0.2) is 41.4 Å². The number of carbonyl (C=O) groups excluding carboxylic acids is 1. The first-order valence-electron chi connectivity index (χ1n) is 13.1. The number of rotatable bonds is 9. The summed E-state index contributed by atoms with van der Waals surface area (Å²) in [5, 5.41) is 15.4. The van der Waals surface area contributed by atoms with E-state index in [-0.39, 0.29) is 5.91 Å². The third kappa shape index (κ3) is 7.55. The van der Waals surface area contributed by atoms with E-state index in [0.717, 1.165) is 72.7 Å². The van der Waals surface area contributed by atoms with Gasteiger partial charge in [0.2, 0.25) is 12.2 Å². The zero-order valence-corrected chi connectivity index (χ0v) is 22.4. The number of aliphatic imine (C=N–C) groups is 1. The number of benzene rings is 1. The van der Waals surface area contributed by atoms with E-state index in [1.807, 2.05) is 50.9 Å². The van der Waals surface area contributed by atoms with Crippen LogP contribution in [-0.2, 0) is 0 Å². The highest BCUT2D eigenvalue weighted by atomic mass is 16.2. The molecule has 0 bridgehead atoms. The van der Waals surface area contributed by atoms with Crippen molar-refractivity contribution in [2.45, 2.75) is 73.1 Å². The highest BCUT2D eigenvalue weighted by Crippen LogP contribution is 2.26. The van der Waals surface area contributed by atoms with Crippen molar-refractivity contribution in [2.24, 2.45) is 10.9 Å². The summed E-state index contributed by atoms with van der Waals surface area (Å²) in [6, 6.07) is 8.10. The first-order chi connectivity index (χ1) is 17.3. The smallest absolute Gasteiger partial charge is 0.254 e. The van der Waals surface area contributed by atoms with Gasteiger partial charge in [0.25, 0.3) is 5.91 Å². The molecular formula is C29H40N6O. The molecule has 2 N–H and O–H groups in total. The fourth-order valence-corrected chi connectivity index (χ4v) is 5.15. The van der Waals surface area contributed by atoms with E-state index < -0.39 is 0 Å². The second-order valence-corrected chi connectivity index (χ2v) is 10.1. The molecule has 1 aliphatic rings. The maximum Gasteiger partial charge on any atom is 0.254 e. The first-order valence-corrected chi connectivity index (χ1v) is 13.1. The van der Waals surface area contributed by atoms with Crippen molar-refractivity contribution in [1.82, 2.24) is 15.2 Å². The van der Waals surface area contributed by atoms with Crippen molar-refractivity contribution in [2.75, 3.05) is 25.0 Å². The van der Waals surface area contributed by atoms with Crippen molar-refractivity contribution < 1.29 is 4.79 Å². The normalized spacial score (nSPS) is 15.6. The molecule has 0 spiro atoms. The average Bonchev–Trinajstić information content (AvgIpc) is 3.28. The topological polar surface area (TPSA) is 93.4 Å². The van der Waals surface area contributed by atoms with Gasteiger partial charge in [-0.05, 0) is 83.1 Å². The molecular weight excluding hydrogens is 448 g/mol. The molecule has 192 valence electrons. The Bertz CT molecular complexity index is 1110. The number of hydrogen-bond donors (Lipinski definition) is 2. The molecule has 1 aromatic heterocycles. The summed E-state index contributed by atoms with van der Waals surface area (Å²) in [6.45, 7) is 12.5. The van der Waals surface area contributed by atoms with Crippen molar-refractivity contribution in [3.05, 3.63) is 57.9 Å². The summed E-state index contributed by atoms with van der Waals surface area (Å²) in [5.74, 6) is 1.25. The number of aromatic nitrogens is 1. The zero-order valence-electron chi connectivity index (χ0n) is 22.4. The number of nitrogens with one attached hydrogen (secondary N) is 2. The van der Waals surface area contributed by atoms with Gasteiger partial charge in [-0.3, -0.25) is 9.78 Å². The number of guanidine groups is 1. The zero-order chi connectivity index (χ0) is 26.1. The Morgan fingerprint density at radius 3 is 2.53 bits per heavy atom. The van der Waals surface area contributed by atoms with Gasteiger partial charge in [-0.1, -0.05) is 37.0 Å². The van der Waals surface area contributed by atoms with E-state index in [4.69, 9.17) is 5.26 Å². The summed E-state index contributed by atoms with van der Waals surface area (Å²) in [4.78, 5) is 23.5. The molecule has 1 fully saturated rings. The number of likely N-dealkylation sites (tertiary alicyclic amines) is 1. The number of amides is 1. The van der Waals surface area contributed by atoms with Crippen LogP contribution in [0, 0.1) is 52.0 Å². The summed E-state index contributed by atoms with van der Waals surface area (Å²) in [5.41, 5.74) is 6.93. The quantitative estimate of drug-likeness (QED) is 0.208. The predicted molar refractivity (Wildman–Crippen MR) is 146 cm³/mol. The maximum atomic E-state index is 13.1. The Morgan fingerprint density at radius 1 is 1.11 bits per heavy atom. The maximum absolute atomic E-state index is 13.1. The molecule has 36 heavy (non-hydrogen) atoms. The van der Waals surface area contributed by atoms with E-state index in [1.54, 1.807) is 0 Å². The minimum absolute atomic E-state index is 0.193. The molecule has 0 aliphatic carbocycles. The number of anilines is 1. The lowest BCUT2D eigenvalue weighted by atomic mass is 9.98. The highest BCUT2D eigenvalue weighted by Gasteiger charge is 2.28. The van der Waals surface area contributed by atoms with Crippen LogP contribution in [0.2, 0.25) is 0 Å². The van der Waals surface area contributed by atoms with Gasteiger partial charge < -0.3 is 15.5 Å². The van der Waals surface area contributed by atoms with Crippen LogP contribution >= 0.6 is 0 Å². The molecule has 1 aliphatic heterocycles. The van der Waals surface area contributed by atoms with Gasteiger partial charge >= 0.3 is 0 Å². The molecule has 1 aromatic carbocycles. The molecule has 1 atom stereocenters. The van der Waals surface area contributed by atoms with Crippen molar-refractivity contribution >= 4 is 17.6 Å². The number of pyridine rings is 1. The van der Waals surface area contributed by atoms with Gasteiger partial charge in [0.1, 0.15) is 0 Å². The lowest BCUT2D eigenvalue weighted by Crippen LogP contribution is -2.31. The van der Waals surface area contributed by atoms with Crippen LogP contribution in [0.25, 0.3) is 0 Å². The van der Waals surface area contributed by atoms with E-state index in [1.165, 1.54) is 24.8 Å². The van der Waals surface area contributed by atoms with Crippen molar-refractivity contribution in [1.29, 1.82) is 5.26 Å². The Kier molecular flexibility index (Phi) is 9.86. The fourth-order valence-electron chi connectivity index (χ4n) is 5.15. The van der Waals surface area contributed by atoms with Crippen LogP contribution in [0.4, 0.5) is 5.69 Å². The number of unbranched alkanes of at least 4 members (excludes halogenated alkanes) is 3. The monoisotopic (exact) mass is 488 g/mol. The third-order valence-corrected chi connectivity index (χ3v) is 6.94. The standard InChI is InChI=1S/C29H40N6O/c1-20-16-21(2)27(22(3)17-20)28(36)35-15-13-25(18-35)10-8-6-7-9-14-31-29(32-19-30)34-26-12-11-23(4)33-24(26)5/h11-12,16-17,25H,6-10,13-15,18H2,1-5H3,(H2,31,32,34). The van der Waals surface area contributed by atoms with E-state index >= 15 is 0 Å². The second kappa shape index (κ2) is 13.1. The molecule has 3 rings (SSSR count).